The Bertz CT molecular complexity index is 354. The van der Waals surface area contributed by atoms with E-state index in [1.54, 1.807) is 0 Å². The smallest absolute Gasteiger partial charge is 0.306 e. The van der Waals surface area contributed by atoms with Crippen LogP contribution in [0.1, 0.15) is 38.5 Å². The molecule has 6 heteroatoms. The summed E-state index contributed by atoms with van der Waals surface area (Å²) in [5.41, 5.74) is 0. The second kappa shape index (κ2) is 8.34. The van der Waals surface area contributed by atoms with Gasteiger partial charge in [-0.3, -0.25) is 9.59 Å². The Morgan fingerprint density at radius 1 is 1.24 bits per heavy atom. The molecule has 120 valence electrons. The maximum absolute atomic E-state index is 12.0. The highest BCUT2D eigenvalue weighted by atomic mass is 16.5. The van der Waals surface area contributed by atoms with E-state index in [1.807, 2.05) is 0 Å². The molecule has 21 heavy (non-hydrogen) atoms. The van der Waals surface area contributed by atoms with Crippen molar-refractivity contribution in [1.82, 2.24) is 5.32 Å². The molecule has 3 atom stereocenters. The van der Waals surface area contributed by atoms with Crippen molar-refractivity contribution in [2.75, 3.05) is 26.4 Å². The predicted molar refractivity (Wildman–Crippen MR) is 75.9 cm³/mol. The Hall–Kier alpha value is -1.14. The van der Waals surface area contributed by atoms with E-state index in [0.29, 0.717) is 32.6 Å². The number of hydrogen-bond donors (Lipinski definition) is 2. The fourth-order valence-electron chi connectivity index (χ4n) is 2.97. The van der Waals surface area contributed by atoms with E-state index in [1.165, 1.54) is 0 Å². The fourth-order valence-corrected chi connectivity index (χ4v) is 2.97. The quantitative estimate of drug-likeness (QED) is 0.690. The van der Waals surface area contributed by atoms with Crippen LogP contribution in [0.3, 0.4) is 0 Å². The Balaban J connectivity index is 1.57. The monoisotopic (exact) mass is 299 g/mol. The fraction of sp³-hybridized carbons (Fsp3) is 0.867. The van der Waals surface area contributed by atoms with E-state index < -0.39 is 5.97 Å². The number of ether oxygens (including phenoxy) is 2. The van der Waals surface area contributed by atoms with Gasteiger partial charge in [-0.1, -0.05) is 6.42 Å². The molecule has 1 amide bonds. The van der Waals surface area contributed by atoms with Crippen LogP contribution in [0.15, 0.2) is 0 Å². The van der Waals surface area contributed by atoms with Gasteiger partial charge in [0.2, 0.25) is 5.91 Å². The van der Waals surface area contributed by atoms with Gasteiger partial charge in [0, 0.05) is 25.7 Å². The third kappa shape index (κ3) is 5.28. The number of aliphatic carboxylic acids is 1. The molecule has 3 unspecified atom stereocenters. The van der Waals surface area contributed by atoms with Gasteiger partial charge in [0.05, 0.1) is 18.6 Å². The number of amides is 1. The summed E-state index contributed by atoms with van der Waals surface area (Å²) in [6.45, 7) is 2.65. The second-order valence-electron chi connectivity index (χ2n) is 5.90. The molecule has 0 aromatic carbocycles. The van der Waals surface area contributed by atoms with E-state index in [4.69, 9.17) is 14.6 Å². The first-order valence-corrected chi connectivity index (χ1v) is 7.86. The summed E-state index contributed by atoms with van der Waals surface area (Å²) in [5.74, 6) is -1.30. The Kier molecular flexibility index (Phi) is 6.45. The number of carbonyl (C=O) groups excluding carboxylic acids is 1. The average molecular weight is 299 g/mol. The van der Waals surface area contributed by atoms with Gasteiger partial charge in [-0.15, -0.1) is 0 Å². The minimum Gasteiger partial charge on any atom is -0.481 e. The standard InChI is InChI=1S/C15H25NO5/c17-14(11-3-1-4-12(9-11)15(18)19)16-6-2-7-21-13-5-8-20-10-13/h11-13H,1-10H2,(H,16,17)(H,18,19). The molecule has 0 spiro atoms. The molecule has 1 heterocycles. The van der Waals surface area contributed by atoms with E-state index in [9.17, 15) is 9.59 Å². The van der Waals surface area contributed by atoms with Gasteiger partial charge in [-0.05, 0) is 32.1 Å². The van der Waals surface area contributed by atoms with Gasteiger partial charge in [0.1, 0.15) is 0 Å². The molecule has 0 bridgehead atoms. The normalized spacial score (nSPS) is 29.2. The number of nitrogens with one attached hydrogen (secondary N) is 1. The molecule has 2 N–H and O–H groups in total. The van der Waals surface area contributed by atoms with E-state index in [-0.39, 0.29) is 23.8 Å². The van der Waals surface area contributed by atoms with Gasteiger partial charge in [0.15, 0.2) is 0 Å². The largest absolute Gasteiger partial charge is 0.481 e. The number of carbonyl (C=O) groups is 2. The lowest BCUT2D eigenvalue weighted by molar-refractivity contribution is -0.144. The molecule has 1 aliphatic heterocycles. The van der Waals surface area contributed by atoms with Crippen LogP contribution in [-0.4, -0.2) is 49.5 Å². The predicted octanol–water partition coefficient (Wildman–Crippen LogP) is 1.19. The van der Waals surface area contributed by atoms with Crippen molar-refractivity contribution in [3.05, 3.63) is 0 Å². The zero-order valence-electron chi connectivity index (χ0n) is 12.4. The Labute approximate surface area is 125 Å². The molecular weight excluding hydrogens is 274 g/mol. The zero-order chi connectivity index (χ0) is 15.1. The summed E-state index contributed by atoms with van der Waals surface area (Å²) >= 11 is 0. The van der Waals surface area contributed by atoms with E-state index in [2.05, 4.69) is 5.32 Å². The van der Waals surface area contributed by atoms with Gasteiger partial charge in [0.25, 0.3) is 0 Å². The Morgan fingerprint density at radius 3 is 2.76 bits per heavy atom. The topological polar surface area (TPSA) is 84.9 Å². The minimum absolute atomic E-state index is 0.00912. The van der Waals surface area contributed by atoms with Crippen LogP contribution >= 0.6 is 0 Å². The molecular formula is C15H25NO5. The van der Waals surface area contributed by atoms with Crippen LogP contribution in [0.25, 0.3) is 0 Å². The van der Waals surface area contributed by atoms with Gasteiger partial charge in [-0.25, -0.2) is 0 Å². The molecule has 2 rings (SSSR count). The SMILES string of the molecule is O=C(O)C1CCCC(C(=O)NCCCOC2CCOC2)C1. The van der Waals surface area contributed by atoms with Crippen molar-refractivity contribution in [2.24, 2.45) is 11.8 Å². The van der Waals surface area contributed by atoms with Crippen LogP contribution in [0.4, 0.5) is 0 Å². The van der Waals surface area contributed by atoms with Crippen LogP contribution in [0.5, 0.6) is 0 Å². The second-order valence-corrected chi connectivity index (χ2v) is 5.90. The summed E-state index contributed by atoms with van der Waals surface area (Å²) < 4.78 is 10.8. The number of carboxylic acids is 1. The summed E-state index contributed by atoms with van der Waals surface area (Å²) in [4.78, 5) is 23.0. The highest BCUT2D eigenvalue weighted by Crippen LogP contribution is 2.29. The van der Waals surface area contributed by atoms with Crippen LogP contribution in [-0.2, 0) is 19.1 Å². The third-order valence-electron chi connectivity index (χ3n) is 4.26. The lowest BCUT2D eigenvalue weighted by Crippen LogP contribution is -2.36. The summed E-state index contributed by atoms with van der Waals surface area (Å²) in [5, 5.41) is 11.9. The van der Waals surface area contributed by atoms with Crippen molar-refractivity contribution < 1.29 is 24.2 Å². The number of rotatable bonds is 7. The first-order valence-electron chi connectivity index (χ1n) is 7.86. The van der Waals surface area contributed by atoms with Crippen molar-refractivity contribution in [1.29, 1.82) is 0 Å². The summed E-state index contributed by atoms with van der Waals surface area (Å²) in [6, 6.07) is 0. The van der Waals surface area contributed by atoms with Crippen LogP contribution < -0.4 is 5.32 Å². The Morgan fingerprint density at radius 2 is 2.05 bits per heavy atom. The van der Waals surface area contributed by atoms with Crippen LogP contribution in [0, 0.1) is 11.8 Å². The number of hydrogen-bond acceptors (Lipinski definition) is 4. The number of carboxylic acid groups (broad SMARTS) is 1. The molecule has 1 saturated heterocycles. The maximum Gasteiger partial charge on any atom is 0.306 e. The molecule has 0 aromatic rings. The first kappa shape index (κ1) is 16.2. The van der Waals surface area contributed by atoms with E-state index in [0.717, 1.165) is 32.3 Å². The molecule has 1 aliphatic carbocycles. The zero-order valence-corrected chi connectivity index (χ0v) is 12.4. The van der Waals surface area contributed by atoms with Gasteiger partial charge < -0.3 is 19.9 Å². The van der Waals surface area contributed by atoms with E-state index >= 15 is 0 Å². The molecule has 2 aliphatic rings. The van der Waals surface area contributed by atoms with Crippen molar-refractivity contribution in [3.63, 3.8) is 0 Å². The maximum atomic E-state index is 12.0. The highest BCUT2D eigenvalue weighted by Gasteiger charge is 2.30. The molecule has 0 radical (unpaired) electrons. The molecule has 0 aromatic heterocycles. The van der Waals surface area contributed by atoms with Crippen molar-refractivity contribution >= 4 is 11.9 Å². The molecule has 2 fully saturated rings. The average Bonchev–Trinajstić information content (AvgIpc) is 3.00. The first-order chi connectivity index (χ1) is 10.2. The lowest BCUT2D eigenvalue weighted by atomic mass is 9.81. The summed E-state index contributed by atoms with van der Waals surface area (Å²) in [6.07, 6.45) is 4.71. The molecule has 6 nitrogen and oxygen atoms in total. The van der Waals surface area contributed by atoms with Gasteiger partial charge >= 0.3 is 5.97 Å². The van der Waals surface area contributed by atoms with Crippen LogP contribution in [0.2, 0.25) is 0 Å². The lowest BCUT2D eigenvalue weighted by Gasteiger charge is -2.25. The van der Waals surface area contributed by atoms with Crippen molar-refractivity contribution in [2.45, 2.75) is 44.6 Å². The minimum atomic E-state index is -0.778. The third-order valence-corrected chi connectivity index (χ3v) is 4.26. The highest BCUT2D eigenvalue weighted by molar-refractivity contribution is 5.80. The van der Waals surface area contributed by atoms with Gasteiger partial charge in [-0.2, -0.15) is 0 Å². The molecule has 1 saturated carbocycles. The van der Waals surface area contributed by atoms with Crippen molar-refractivity contribution in [3.8, 4) is 0 Å². The summed E-state index contributed by atoms with van der Waals surface area (Å²) in [7, 11) is 0.